The van der Waals surface area contributed by atoms with Gasteiger partial charge in [-0.2, -0.15) is 0 Å². The Kier molecular flexibility index (Phi) is 7.07. The van der Waals surface area contributed by atoms with E-state index in [1.54, 1.807) is 79.7 Å². The van der Waals surface area contributed by atoms with Gasteiger partial charge in [0, 0.05) is 22.7 Å². The molecule has 0 radical (unpaired) electrons. The second-order valence-corrected chi connectivity index (χ2v) is 9.00. The van der Waals surface area contributed by atoms with Crippen molar-refractivity contribution in [3.05, 3.63) is 123 Å². The first-order valence-electron chi connectivity index (χ1n) is 11.8. The number of carbonyl (C=O) groups excluding carboxylic acids is 2. The second-order valence-electron chi connectivity index (χ2n) is 8.59. The third-order valence-corrected chi connectivity index (χ3v) is 6.22. The van der Waals surface area contributed by atoms with Crippen LogP contribution in [0.2, 0.25) is 5.02 Å². The van der Waals surface area contributed by atoms with Gasteiger partial charge in [0.1, 0.15) is 16.5 Å². The molecule has 194 valence electrons. The molecule has 0 aliphatic heterocycles. The van der Waals surface area contributed by atoms with Crippen LogP contribution in [0.1, 0.15) is 27.8 Å². The standard InChI is InChI=1S/C29H20ClN3O6/c1-17-11-14-26(38-17)24-16-21(20-9-5-6-10-23(20)32-24)29(35)39-27(18-7-3-2-4-8-18)28(34)31-19-12-13-22(30)25(15-19)33(36)37/h2-16,27H,1H3,(H,31,34). The number of benzene rings is 3. The Morgan fingerprint density at radius 3 is 2.46 bits per heavy atom. The van der Waals surface area contributed by atoms with Crippen molar-refractivity contribution in [2.75, 3.05) is 5.32 Å². The summed E-state index contributed by atoms with van der Waals surface area (Å²) in [6.07, 6.45) is -1.37. The van der Waals surface area contributed by atoms with Crippen LogP contribution in [-0.2, 0) is 9.53 Å². The minimum atomic E-state index is -1.37. The zero-order chi connectivity index (χ0) is 27.5. The average Bonchev–Trinajstić information content (AvgIpc) is 3.38. The van der Waals surface area contributed by atoms with Crippen LogP contribution in [0.25, 0.3) is 22.4 Å². The summed E-state index contributed by atoms with van der Waals surface area (Å²) in [4.78, 5) is 42.2. The number of para-hydroxylation sites is 1. The summed E-state index contributed by atoms with van der Waals surface area (Å²) in [7, 11) is 0. The molecule has 0 aliphatic rings. The lowest BCUT2D eigenvalue weighted by Gasteiger charge is -2.19. The fourth-order valence-electron chi connectivity index (χ4n) is 4.05. The Hall–Kier alpha value is -5.02. The molecule has 2 heterocycles. The van der Waals surface area contributed by atoms with Crippen LogP contribution in [0, 0.1) is 17.0 Å². The topological polar surface area (TPSA) is 125 Å². The van der Waals surface area contributed by atoms with Crippen molar-refractivity contribution in [2.24, 2.45) is 0 Å². The van der Waals surface area contributed by atoms with Crippen LogP contribution in [0.3, 0.4) is 0 Å². The maximum atomic E-state index is 13.6. The molecule has 1 unspecified atom stereocenters. The Balaban J connectivity index is 1.51. The molecule has 3 aromatic carbocycles. The van der Waals surface area contributed by atoms with Crippen molar-refractivity contribution >= 4 is 45.8 Å². The van der Waals surface area contributed by atoms with Crippen molar-refractivity contribution in [2.45, 2.75) is 13.0 Å². The summed E-state index contributed by atoms with van der Waals surface area (Å²) in [5.74, 6) is -0.294. The summed E-state index contributed by atoms with van der Waals surface area (Å²) < 4.78 is 11.5. The van der Waals surface area contributed by atoms with Gasteiger partial charge in [0.05, 0.1) is 16.0 Å². The number of nitrogens with one attached hydrogen (secondary N) is 1. The SMILES string of the molecule is Cc1ccc(-c2cc(C(=O)OC(C(=O)Nc3ccc(Cl)c([N+](=O)[O-])c3)c3ccccc3)c3ccccc3n2)o1. The van der Waals surface area contributed by atoms with Crippen LogP contribution in [0.15, 0.2) is 95.4 Å². The number of esters is 1. The van der Waals surface area contributed by atoms with Gasteiger partial charge in [-0.15, -0.1) is 0 Å². The number of halogens is 1. The molecule has 0 aliphatic carbocycles. The highest BCUT2D eigenvalue weighted by atomic mass is 35.5. The Labute approximate surface area is 227 Å². The molecule has 2 aromatic heterocycles. The van der Waals surface area contributed by atoms with Gasteiger partial charge in [0.25, 0.3) is 11.6 Å². The maximum Gasteiger partial charge on any atom is 0.340 e. The first kappa shape index (κ1) is 25.6. The van der Waals surface area contributed by atoms with E-state index >= 15 is 0 Å². The number of pyridine rings is 1. The average molecular weight is 542 g/mol. The van der Waals surface area contributed by atoms with Crippen molar-refractivity contribution in [3.63, 3.8) is 0 Å². The molecule has 5 aromatic rings. The molecule has 5 rings (SSSR count). The van der Waals surface area contributed by atoms with Crippen molar-refractivity contribution in [1.29, 1.82) is 0 Å². The third kappa shape index (κ3) is 5.48. The number of amides is 1. The molecule has 0 fully saturated rings. The number of nitrogens with zero attached hydrogens (tertiary/aromatic N) is 2. The normalized spacial score (nSPS) is 11.6. The van der Waals surface area contributed by atoms with Crippen LogP contribution >= 0.6 is 11.6 Å². The van der Waals surface area contributed by atoms with E-state index in [0.717, 1.165) is 6.07 Å². The number of hydrogen-bond acceptors (Lipinski definition) is 7. The molecular formula is C29H20ClN3O6. The smallest absolute Gasteiger partial charge is 0.340 e. The van der Waals surface area contributed by atoms with Gasteiger partial charge < -0.3 is 14.5 Å². The first-order valence-corrected chi connectivity index (χ1v) is 12.2. The van der Waals surface area contributed by atoms with Crippen molar-refractivity contribution < 1.29 is 23.7 Å². The molecular weight excluding hydrogens is 522 g/mol. The Bertz CT molecular complexity index is 1720. The van der Waals surface area contributed by atoms with Gasteiger partial charge in [0.15, 0.2) is 5.76 Å². The fraction of sp³-hybridized carbons (Fsp3) is 0.0690. The highest BCUT2D eigenvalue weighted by Gasteiger charge is 2.28. The summed E-state index contributed by atoms with van der Waals surface area (Å²) in [6.45, 7) is 1.80. The molecule has 10 heteroatoms. The van der Waals surface area contributed by atoms with Gasteiger partial charge in [-0.25, -0.2) is 9.78 Å². The number of carbonyl (C=O) groups is 2. The number of nitro benzene ring substituents is 1. The van der Waals surface area contributed by atoms with E-state index in [-0.39, 0.29) is 22.0 Å². The molecule has 1 atom stereocenters. The lowest BCUT2D eigenvalue weighted by molar-refractivity contribution is -0.384. The van der Waals surface area contributed by atoms with E-state index in [1.165, 1.54) is 12.1 Å². The van der Waals surface area contributed by atoms with Crippen LogP contribution < -0.4 is 5.32 Å². The number of anilines is 1. The number of rotatable bonds is 7. The molecule has 9 nitrogen and oxygen atoms in total. The Morgan fingerprint density at radius 2 is 1.74 bits per heavy atom. The number of nitro groups is 1. The second kappa shape index (κ2) is 10.8. The van der Waals surface area contributed by atoms with Crippen LogP contribution in [0.4, 0.5) is 11.4 Å². The predicted octanol–water partition coefficient (Wildman–Crippen LogP) is 6.90. The largest absolute Gasteiger partial charge is 0.460 e. The number of fused-ring (bicyclic) bond motifs is 1. The van der Waals surface area contributed by atoms with Crippen molar-refractivity contribution in [3.8, 4) is 11.5 Å². The van der Waals surface area contributed by atoms with Crippen LogP contribution in [-0.4, -0.2) is 21.8 Å². The summed E-state index contributed by atoms with van der Waals surface area (Å²) in [5, 5.41) is 14.3. The molecule has 1 amide bonds. The van der Waals surface area contributed by atoms with Gasteiger partial charge in [0.2, 0.25) is 6.10 Å². The highest BCUT2D eigenvalue weighted by molar-refractivity contribution is 6.32. The highest BCUT2D eigenvalue weighted by Crippen LogP contribution is 2.31. The third-order valence-electron chi connectivity index (χ3n) is 5.90. The minimum Gasteiger partial charge on any atom is -0.460 e. The van der Waals surface area contributed by atoms with E-state index in [1.807, 2.05) is 0 Å². The van der Waals surface area contributed by atoms with Crippen molar-refractivity contribution in [1.82, 2.24) is 4.98 Å². The van der Waals surface area contributed by atoms with Gasteiger partial charge >= 0.3 is 5.97 Å². The van der Waals surface area contributed by atoms with Gasteiger partial charge in [-0.05, 0) is 43.3 Å². The number of aryl methyl sites for hydroxylation is 1. The summed E-state index contributed by atoms with van der Waals surface area (Å²) in [5.41, 5.74) is 1.34. The number of furan rings is 1. The van der Waals surface area contributed by atoms with E-state index in [9.17, 15) is 19.7 Å². The number of aromatic nitrogens is 1. The van der Waals surface area contributed by atoms with Crippen LogP contribution in [0.5, 0.6) is 0 Å². The van der Waals surface area contributed by atoms with Gasteiger partial charge in [-0.3, -0.25) is 14.9 Å². The zero-order valence-corrected chi connectivity index (χ0v) is 21.2. The number of hydrogen-bond donors (Lipinski definition) is 1. The Morgan fingerprint density at radius 1 is 1.00 bits per heavy atom. The number of ether oxygens (including phenoxy) is 1. The van der Waals surface area contributed by atoms with E-state index in [0.29, 0.717) is 33.7 Å². The molecule has 1 N–H and O–H groups in total. The summed E-state index contributed by atoms with van der Waals surface area (Å²) in [6, 6.07) is 24.5. The van der Waals surface area contributed by atoms with E-state index in [2.05, 4.69) is 10.3 Å². The quantitative estimate of drug-likeness (QED) is 0.135. The monoisotopic (exact) mass is 541 g/mol. The molecule has 39 heavy (non-hydrogen) atoms. The lowest BCUT2D eigenvalue weighted by atomic mass is 10.1. The van der Waals surface area contributed by atoms with E-state index in [4.69, 9.17) is 20.8 Å². The minimum absolute atomic E-state index is 0.0730. The molecule has 0 bridgehead atoms. The fourth-order valence-corrected chi connectivity index (χ4v) is 4.24. The molecule has 0 spiro atoms. The maximum absolute atomic E-state index is 13.6. The summed E-state index contributed by atoms with van der Waals surface area (Å²) >= 11 is 5.89. The molecule has 0 saturated heterocycles. The lowest BCUT2D eigenvalue weighted by Crippen LogP contribution is -2.26. The predicted molar refractivity (Wildman–Crippen MR) is 146 cm³/mol. The molecule has 0 saturated carbocycles. The van der Waals surface area contributed by atoms with E-state index < -0.39 is 22.9 Å². The first-order chi connectivity index (χ1) is 18.8. The van der Waals surface area contributed by atoms with Gasteiger partial charge in [-0.1, -0.05) is 60.1 Å². The zero-order valence-electron chi connectivity index (χ0n) is 20.5.